The molecule has 2 atom stereocenters. The van der Waals surface area contributed by atoms with E-state index in [2.05, 4.69) is 15.6 Å². The third-order valence-electron chi connectivity index (χ3n) is 7.35. The zero-order chi connectivity index (χ0) is 25.7. The Bertz CT molecular complexity index is 1050. The minimum atomic E-state index is -0.512. The molecule has 0 spiro atoms. The van der Waals surface area contributed by atoms with Crippen LogP contribution in [0.25, 0.3) is 0 Å². The second kappa shape index (κ2) is 11.4. The van der Waals surface area contributed by atoms with Crippen molar-refractivity contribution in [3.05, 3.63) is 65.2 Å². The first-order valence-electron chi connectivity index (χ1n) is 13.1. The van der Waals surface area contributed by atoms with E-state index in [0.29, 0.717) is 18.9 Å². The number of pyridine rings is 1. The summed E-state index contributed by atoms with van der Waals surface area (Å²) < 4.78 is 19.2. The number of hydrogen-bond acceptors (Lipinski definition) is 4. The van der Waals surface area contributed by atoms with Gasteiger partial charge in [-0.15, -0.1) is 0 Å². The van der Waals surface area contributed by atoms with E-state index in [-0.39, 0.29) is 29.6 Å². The van der Waals surface area contributed by atoms with Crippen molar-refractivity contribution in [3.8, 4) is 0 Å². The molecule has 7 heteroatoms. The number of amides is 2. The Morgan fingerprint density at radius 3 is 2.56 bits per heavy atom. The number of rotatable bonds is 6. The van der Waals surface area contributed by atoms with Crippen LogP contribution in [0.15, 0.2) is 42.6 Å². The van der Waals surface area contributed by atoms with Crippen molar-refractivity contribution in [3.63, 3.8) is 0 Å². The van der Waals surface area contributed by atoms with Gasteiger partial charge in [-0.25, -0.2) is 9.18 Å². The van der Waals surface area contributed by atoms with E-state index >= 15 is 0 Å². The van der Waals surface area contributed by atoms with Crippen LogP contribution in [0, 0.1) is 17.7 Å². The summed E-state index contributed by atoms with van der Waals surface area (Å²) in [6, 6.07) is 10.9. The highest BCUT2D eigenvalue weighted by Gasteiger charge is 2.34. The van der Waals surface area contributed by atoms with E-state index in [9.17, 15) is 14.0 Å². The molecule has 2 N–H and O–H groups in total. The third-order valence-corrected chi connectivity index (χ3v) is 7.35. The zero-order valence-electron chi connectivity index (χ0n) is 21.6. The molecular formula is C29H38FN3O3. The van der Waals surface area contributed by atoms with Crippen molar-refractivity contribution < 1.29 is 18.7 Å². The van der Waals surface area contributed by atoms with Crippen LogP contribution in [0.5, 0.6) is 0 Å². The van der Waals surface area contributed by atoms with Gasteiger partial charge in [0.05, 0.1) is 0 Å². The molecular weight excluding hydrogens is 457 g/mol. The maximum absolute atomic E-state index is 13.9. The van der Waals surface area contributed by atoms with Gasteiger partial charge in [0.2, 0.25) is 5.91 Å². The Hall–Kier alpha value is -2.96. The molecule has 1 saturated carbocycles. The fourth-order valence-electron chi connectivity index (χ4n) is 5.52. The second-order valence-corrected chi connectivity index (χ2v) is 11.2. The molecule has 2 aromatic rings. The first-order chi connectivity index (χ1) is 17.2. The van der Waals surface area contributed by atoms with Gasteiger partial charge < -0.3 is 15.4 Å². The summed E-state index contributed by atoms with van der Waals surface area (Å²) in [4.78, 5) is 29.7. The molecule has 0 radical (unpaired) electrons. The van der Waals surface area contributed by atoms with E-state index in [0.717, 1.165) is 55.3 Å². The summed E-state index contributed by atoms with van der Waals surface area (Å²) in [5, 5.41) is 6.22. The van der Waals surface area contributed by atoms with E-state index < -0.39 is 11.7 Å². The number of carbonyl (C=O) groups is 2. The Morgan fingerprint density at radius 2 is 1.86 bits per heavy atom. The fourth-order valence-corrected chi connectivity index (χ4v) is 5.52. The average molecular weight is 496 g/mol. The van der Waals surface area contributed by atoms with Crippen LogP contribution < -0.4 is 10.6 Å². The Morgan fingerprint density at radius 1 is 1.08 bits per heavy atom. The van der Waals surface area contributed by atoms with E-state index in [1.807, 2.05) is 45.0 Å². The highest BCUT2D eigenvalue weighted by atomic mass is 19.1. The molecule has 2 aliphatic carbocycles. The Labute approximate surface area is 213 Å². The van der Waals surface area contributed by atoms with Crippen LogP contribution in [0.1, 0.15) is 75.6 Å². The molecule has 36 heavy (non-hydrogen) atoms. The molecule has 2 aliphatic rings. The normalized spacial score (nSPS) is 23.9. The highest BCUT2D eigenvalue weighted by molar-refractivity contribution is 5.79. The van der Waals surface area contributed by atoms with Gasteiger partial charge >= 0.3 is 6.09 Å². The number of alkyl carbamates (subject to hydrolysis) is 1. The molecule has 4 rings (SSSR count). The maximum atomic E-state index is 13.9. The van der Waals surface area contributed by atoms with Crippen LogP contribution >= 0.6 is 0 Å². The summed E-state index contributed by atoms with van der Waals surface area (Å²) in [6.07, 6.45) is 7.06. The van der Waals surface area contributed by atoms with Crippen molar-refractivity contribution in [2.45, 2.75) is 83.3 Å². The molecule has 0 saturated heterocycles. The fraction of sp³-hybridized carbons (Fsp3) is 0.552. The molecule has 194 valence electrons. The van der Waals surface area contributed by atoms with Crippen molar-refractivity contribution in [2.75, 3.05) is 6.54 Å². The zero-order valence-corrected chi connectivity index (χ0v) is 21.6. The quantitative estimate of drug-likeness (QED) is 0.569. The lowest BCUT2D eigenvalue weighted by Crippen LogP contribution is -2.46. The number of hydrogen-bond donors (Lipinski definition) is 2. The van der Waals surface area contributed by atoms with Crippen molar-refractivity contribution in [2.24, 2.45) is 11.8 Å². The topological polar surface area (TPSA) is 80.3 Å². The lowest BCUT2D eigenvalue weighted by Gasteiger charge is -2.36. The first kappa shape index (κ1) is 26.1. The second-order valence-electron chi connectivity index (χ2n) is 11.2. The molecule has 1 heterocycles. The van der Waals surface area contributed by atoms with E-state index in [1.165, 1.54) is 6.07 Å². The molecule has 6 nitrogen and oxygen atoms in total. The minimum Gasteiger partial charge on any atom is -0.444 e. The molecule has 0 bridgehead atoms. The predicted octanol–water partition coefficient (Wildman–Crippen LogP) is 5.31. The summed E-state index contributed by atoms with van der Waals surface area (Å²) in [7, 11) is 0. The van der Waals surface area contributed by atoms with Crippen molar-refractivity contribution in [1.29, 1.82) is 0 Å². The number of aryl methyl sites for hydroxylation is 1. The summed E-state index contributed by atoms with van der Waals surface area (Å²) in [6.45, 7) is 6.12. The number of carbonyl (C=O) groups excluding carboxylic acids is 2. The Balaban J connectivity index is 1.34. The first-order valence-corrected chi connectivity index (χ1v) is 13.1. The SMILES string of the molecule is CC(C)(C)OC(=O)NCC1CCC(C(=O)N[C@@H]2CCc3cc(F)ccc3[C@H]2Cc2ccccn2)CC1. The van der Waals surface area contributed by atoms with Crippen molar-refractivity contribution >= 4 is 12.0 Å². The molecule has 0 unspecified atom stereocenters. The number of nitrogens with zero attached hydrogens (tertiary/aromatic N) is 1. The average Bonchev–Trinajstić information content (AvgIpc) is 2.84. The van der Waals surface area contributed by atoms with Gasteiger partial charge in [0.25, 0.3) is 0 Å². The van der Waals surface area contributed by atoms with E-state index in [4.69, 9.17) is 4.74 Å². The van der Waals surface area contributed by atoms with Crippen LogP contribution in [0.3, 0.4) is 0 Å². The number of halogens is 1. The van der Waals surface area contributed by atoms with Crippen LogP contribution in [-0.4, -0.2) is 35.2 Å². The third kappa shape index (κ3) is 7.05. The molecule has 1 fully saturated rings. The van der Waals surface area contributed by atoms with Crippen LogP contribution in [0.2, 0.25) is 0 Å². The maximum Gasteiger partial charge on any atom is 0.407 e. The van der Waals surface area contributed by atoms with Gasteiger partial charge in [-0.05, 0) is 107 Å². The lowest BCUT2D eigenvalue weighted by molar-refractivity contribution is -0.127. The predicted molar refractivity (Wildman–Crippen MR) is 137 cm³/mol. The largest absolute Gasteiger partial charge is 0.444 e. The van der Waals surface area contributed by atoms with Gasteiger partial charge in [0, 0.05) is 36.3 Å². The smallest absolute Gasteiger partial charge is 0.407 e. The molecule has 2 amide bonds. The van der Waals surface area contributed by atoms with Gasteiger partial charge in [0.15, 0.2) is 0 Å². The number of fused-ring (bicyclic) bond motifs is 1. The minimum absolute atomic E-state index is 0.0102. The molecule has 1 aromatic heterocycles. The van der Waals surface area contributed by atoms with Gasteiger partial charge in [-0.2, -0.15) is 0 Å². The molecule has 1 aromatic carbocycles. The van der Waals surface area contributed by atoms with Crippen LogP contribution in [-0.2, 0) is 22.4 Å². The summed E-state index contributed by atoms with van der Waals surface area (Å²) in [5.74, 6) is 0.284. The van der Waals surface area contributed by atoms with Crippen molar-refractivity contribution in [1.82, 2.24) is 15.6 Å². The lowest BCUT2D eigenvalue weighted by atomic mass is 9.76. The number of aromatic nitrogens is 1. The summed E-state index contributed by atoms with van der Waals surface area (Å²) >= 11 is 0. The standard InChI is InChI=1S/C29H38FN3O3/c1-29(2,3)36-28(35)32-18-19-7-9-20(10-8-19)27(34)33-26-14-11-21-16-22(30)12-13-24(21)25(26)17-23-6-4-5-15-31-23/h4-6,12-13,15-16,19-20,25-26H,7-11,14,17-18H2,1-3H3,(H,32,35)(H,33,34)/t19?,20?,25-,26-/m1/s1. The highest BCUT2D eigenvalue weighted by Crippen LogP contribution is 2.36. The summed E-state index contributed by atoms with van der Waals surface area (Å²) in [5.41, 5.74) is 2.59. The van der Waals surface area contributed by atoms with Gasteiger partial charge in [-0.1, -0.05) is 12.1 Å². The number of nitrogens with one attached hydrogen (secondary N) is 2. The van der Waals surface area contributed by atoms with E-state index in [1.54, 1.807) is 12.3 Å². The number of benzene rings is 1. The Kier molecular flexibility index (Phi) is 8.27. The van der Waals surface area contributed by atoms with Gasteiger partial charge in [0.1, 0.15) is 11.4 Å². The monoisotopic (exact) mass is 495 g/mol. The number of ether oxygens (including phenoxy) is 1. The van der Waals surface area contributed by atoms with Crippen LogP contribution in [0.4, 0.5) is 9.18 Å². The van der Waals surface area contributed by atoms with Gasteiger partial charge in [-0.3, -0.25) is 9.78 Å². The molecule has 0 aliphatic heterocycles.